The summed E-state index contributed by atoms with van der Waals surface area (Å²) in [5.41, 5.74) is 2.28. The molecule has 0 aliphatic carbocycles. The molecule has 0 bridgehead atoms. The van der Waals surface area contributed by atoms with E-state index in [-0.39, 0.29) is 11.8 Å². The molecule has 2 amide bonds. The lowest BCUT2D eigenvalue weighted by Crippen LogP contribution is -2.23. The molecule has 0 unspecified atom stereocenters. The van der Waals surface area contributed by atoms with Gasteiger partial charge in [0.1, 0.15) is 0 Å². The summed E-state index contributed by atoms with van der Waals surface area (Å²) in [4.78, 5) is 23.0. The summed E-state index contributed by atoms with van der Waals surface area (Å²) in [6, 6.07) is 9.69. The second kappa shape index (κ2) is 4.31. The highest BCUT2D eigenvalue weighted by Crippen LogP contribution is 2.19. The number of rotatable bonds is 3. The molecule has 0 saturated heterocycles. The highest BCUT2D eigenvalue weighted by atomic mass is 16.2. The van der Waals surface area contributed by atoms with Crippen molar-refractivity contribution in [3.8, 4) is 0 Å². The summed E-state index contributed by atoms with van der Waals surface area (Å²) in [7, 11) is 0. The summed E-state index contributed by atoms with van der Waals surface area (Å²) < 4.78 is 0. The molecule has 1 aromatic carbocycles. The Kier molecular flexibility index (Phi) is 2.86. The molecule has 1 aliphatic rings. The molecule has 2 rings (SSSR count). The van der Waals surface area contributed by atoms with E-state index in [2.05, 4.69) is 5.32 Å². The Balaban J connectivity index is 2.29. The van der Waals surface area contributed by atoms with Gasteiger partial charge >= 0.3 is 0 Å². The van der Waals surface area contributed by atoms with Crippen molar-refractivity contribution in [1.82, 2.24) is 5.32 Å². The van der Waals surface area contributed by atoms with Crippen molar-refractivity contribution in [2.24, 2.45) is 0 Å². The maximum atomic E-state index is 11.6. The van der Waals surface area contributed by atoms with Gasteiger partial charge in [0.2, 0.25) is 0 Å². The number of hydrogen-bond donors (Lipinski definition) is 1. The molecule has 0 fully saturated rings. The fourth-order valence-corrected chi connectivity index (χ4v) is 1.89. The molecular weight excluding hydrogens is 202 g/mol. The Morgan fingerprint density at radius 2 is 1.62 bits per heavy atom. The van der Waals surface area contributed by atoms with Crippen molar-refractivity contribution in [1.29, 1.82) is 0 Å². The number of benzene rings is 1. The molecule has 82 valence electrons. The van der Waals surface area contributed by atoms with E-state index in [1.54, 1.807) is 0 Å². The van der Waals surface area contributed by atoms with E-state index in [1.165, 1.54) is 0 Å². The highest BCUT2D eigenvalue weighted by molar-refractivity contribution is 6.19. The van der Waals surface area contributed by atoms with E-state index >= 15 is 0 Å². The van der Waals surface area contributed by atoms with Crippen molar-refractivity contribution in [3.63, 3.8) is 0 Å². The van der Waals surface area contributed by atoms with Gasteiger partial charge in [0.05, 0.1) is 0 Å². The molecule has 0 radical (unpaired) electrons. The van der Waals surface area contributed by atoms with Crippen LogP contribution in [0.4, 0.5) is 0 Å². The summed E-state index contributed by atoms with van der Waals surface area (Å²) in [5, 5.41) is 2.34. The van der Waals surface area contributed by atoms with Crippen LogP contribution in [0.15, 0.2) is 41.5 Å². The van der Waals surface area contributed by atoms with Crippen molar-refractivity contribution < 1.29 is 9.59 Å². The second-order valence-electron chi connectivity index (χ2n) is 3.76. The Morgan fingerprint density at radius 1 is 1.00 bits per heavy atom. The first-order chi connectivity index (χ1) is 7.72. The molecule has 1 N–H and O–H groups in total. The van der Waals surface area contributed by atoms with E-state index in [0.717, 1.165) is 5.56 Å². The molecule has 0 spiro atoms. The van der Waals surface area contributed by atoms with Crippen molar-refractivity contribution >= 4 is 11.8 Å². The predicted octanol–water partition coefficient (Wildman–Crippen LogP) is 1.59. The Bertz CT molecular complexity index is 460. The van der Waals surface area contributed by atoms with Crippen LogP contribution < -0.4 is 5.32 Å². The van der Waals surface area contributed by atoms with Gasteiger partial charge in [-0.3, -0.25) is 14.9 Å². The Hall–Kier alpha value is -1.90. The van der Waals surface area contributed by atoms with E-state index in [4.69, 9.17) is 0 Å². The summed E-state index contributed by atoms with van der Waals surface area (Å²) in [6.45, 7) is 1.89. The maximum Gasteiger partial charge on any atom is 0.254 e. The molecule has 16 heavy (non-hydrogen) atoms. The van der Waals surface area contributed by atoms with Crippen LogP contribution in [0.1, 0.15) is 18.9 Å². The average molecular weight is 215 g/mol. The van der Waals surface area contributed by atoms with Crippen LogP contribution in [-0.2, 0) is 16.0 Å². The van der Waals surface area contributed by atoms with E-state index in [0.29, 0.717) is 24.0 Å². The minimum absolute atomic E-state index is 0.238. The lowest BCUT2D eigenvalue weighted by atomic mass is 10.0. The fraction of sp³-hybridized carbons (Fsp3) is 0.231. The zero-order valence-electron chi connectivity index (χ0n) is 9.12. The molecule has 0 atom stereocenters. The lowest BCUT2D eigenvalue weighted by molar-refractivity contribution is -0.124. The third-order valence-corrected chi connectivity index (χ3v) is 2.72. The smallest absolute Gasteiger partial charge is 0.254 e. The lowest BCUT2D eigenvalue weighted by Gasteiger charge is -2.01. The van der Waals surface area contributed by atoms with Crippen molar-refractivity contribution in [3.05, 3.63) is 47.0 Å². The molecule has 1 aromatic rings. The second-order valence-corrected chi connectivity index (χ2v) is 3.76. The Labute approximate surface area is 94.2 Å². The number of amides is 2. The average Bonchev–Trinajstić information content (AvgIpc) is 2.55. The minimum atomic E-state index is -0.245. The van der Waals surface area contributed by atoms with E-state index in [1.807, 2.05) is 37.3 Å². The van der Waals surface area contributed by atoms with E-state index in [9.17, 15) is 9.59 Å². The zero-order valence-corrected chi connectivity index (χ0v) is 9.12. The number of imide groups is 1. The zero-order chi connectivity index (χ0) is 11.5. The fourth-order valence-electron chi connectivity index (χ4n) is 1.89. The molecule has 0 saturated carbocycles. The van der Waals surface area contributed by atoms with Crippen molar-refractivity contribution in [2.45, 2.75) is 19.8 Å². The number of carbonyl (C=O) groups is 2. The van der Waals surface area contributed by atoms with Gasteiger partial charge < -0.3 is 0 Å². The summed E-state index contributed by atoms with van der Waals surface area (Å²) in [5.74, 6) is -0.482. The third-order valence-electron chi connectivity index (χ3n) is 2.72. The van der Waals surface area contributed by atoms with Crippen molar-refractivity contribution in [2.75, 3.05) is 0 Å². The summed E-state index contributed by atoms with van der Waals surface area (Å²) >= 11 is 0. The molecule has 3 heteroatoms. The van der Waals surface area contributed by atoms with Crippen LogP contribution in [0.25, 0.3) is 0 Å². The van der Waals surface area contributed by atoms with Crippen LogP contribution in [-0.4, -0.2) is 11.8 Å². The monoisotopic (exact) mass is 215 g/mol. The van der Waals surface area contributed by atoms with Gasteiger partial charge in [-0.2, -0.15) is 0 Å². The van der Waals surface area contributed by atoms with Crippen LogP contribution in [0.5, 0.6) is 0 Å². The number of nitrogens with one attached hydrogen (secondary N) is 1. The van der Waals surface area contributed by atoms with Crippen LogP contribution in [0, 0.1) is 0 Å². The van der Waals surface area contributed by atoms with Crippen LogP contribution in [0.2, 0.25) is 0 Å². The first kappa shape index (κ1) is 10.6. The van der Waals surface area contributed by atoms with Gasteiger partial charge in [0, 0.05) is 17.6 Å². The van der Waals surface area contributed by atoms with Crippen LogP contribution in [0.3, 0.4) is 0 Å². The SMILES string of the molecule is CCC1=C(Cc2ccccc2)C(=O)NC1=O. The Morgan fingerprint density at radius 3 is 2.25 bits per heavy atom. The third kappa shape index (κ3) is 1.89. The van der Waals surface area contributed by atoms with Gasteiger partial charge in [0.15, 0.2) is 0 Å². The molecule has 0 aromatic heterocycles. The highest BCUT2D eigenvalue weighted by Gasteiger charge is 2.28. The molecule has 1 heterocycles. The number of hydrogen-bond acceptors (Lipinski definition) is 2. The normalized spacial score (nSPS) is 15.6. The van der Waals surface area contributed by atoms with Gasteiger partial charge in [-0.1, -0.05) is 37.3 Å². The first-order valence-electron chi connectivity index (χ1n) is 5.34. The minimum Gasteiger partial charge on any atom is -0.289 e. The quantitative estimate of drug-likeness (QED) is 0.778. The maximum absolute atomic E-state index is 11.6. The topological polar surface area (TPSA) is 46.2 Å². The number of carbonyl (C=O) groups excluding carboxylic acids is 2. The standard InChI is InChI=1S/C13H13NO2/c1-2-10-11(13(16)14-12(10)15)8-9-6-4-3-5-7-9/h3-7H,2,8H2,1H3,(H,14,15,16). The molecule has 3 nitrogen and oxygen atoms in total. The molecule has 1 aliphatic heterocycles. The van der Waals surface area contributed by atoms with Crippen LogP contribution >= 0.6 is 0 Å². The van der Waals surface area contributed by atoms with Gasteiger partial charge in [-0.15, -0.1) is 0 Å². The predicted molar refractivity (Wildman–Crippen MR) is 60.6 cm³/mol. The first-order valence-corrected chi connectivity index (χ1v) is 5.34. The molecular formula is C13H13NO2. The largest absolute Gasteiger partial charge is 0.289 e. The van der Waals surface area contributed by atoms with Gasteiger partial charge in [-0.25, -0.2) is 0 Å². The summed E-state index contributed by atoms with van der Waals surface area (Å²) in [6.07, 6.45) is 1.13. The van der Waals surface area contributed by atoms with E-state index < -0.39 is 0 Å². The van der Waals surface area contributed by atoms with Gasteiger partial charge in [0.25, 0.3) is 11.8 Å². The van der Waals surface area contributed by atoms with Gasteiger partial charge in [-0.05, 0) is 12.0 Å².